The first-order valence-corrected chi connectivity index (χ1v) is 11.8. The number of likely N-dealkylation sites (tertiary alicyclic amines) is 1. The minimum Gasteiger partial charge on any atom is -0.488 e. The molecule has 4 rings (SSSR count). The van der Waals surface area contributed by atoms with Gasteiger partial charge in [0.15, 0.2) is 0 Å². The highest BCUT2D eigenvalue weighted by Crippen LogP contribution is 2.34. The van der Waals surface area contributed by atoms with Gasteiger partial charge in [0.25, 0.3) is 0 Å². The summed E-state index contributed by atoms with van der Waals surface area (Å²) < 4.78 is 11.5. The molecule has 1 amide bonds. The van der Waals surface area contributed by atoms with E-state index in [-0.39, 0.29) is 18.4 Å². The van der Waals surface area contributed by atoms with Gasteiger partial charge in [0.05, 0.1) is 30.9 Å². The van der Waals surface area contributed by atoms with Crippen molar-refractivity contribution in [3.8, 4) is 17.0 Å². The Bertz CT molecular complexity index is 1240. The lowest BCUT2D eigenvalue weighted by molar-refractivity contribution is -0.151. The molecule has 0 saturated carbocycles. The topological polar surface area (TPSA) is 94.8 Å². The molecule has 1 aliphatic rings. The molecular weight excluding hydrogens is 442 g/mol. The number of benzene rings is 2. The SMILES string of the molecule is C=Cc1ccc2nc(-c3ccccc3)cc(O[C@@H]3C[C@@H](C(=O)OC)N(C(=O)[C@@H](N)C(C)C)C3)c2c1. The van der Waals surface area contributed by atoms with E-state index >= 15 is 0 Å². The van der Waals surface area contributed by atoms with Crippen molar-refractivity contribution in [2.75, 3.05) is 13.7 Å². The summed E-state index contributed by atoms with van der Waals surface area (Å²) in [6, 6.07) is 16.2. The maximum absolute atomic E-state index is 13.1. The number of nitrogens with zero attached hydrogens (tertiary/aromatic N) is 2. The van der Waals surface area contributed by atoms with Crippen LogP contribution in [0.1, 0.15) is 25.8 Å². The van der Waals surface area contributed by atoms with Crippen LogP contribution in [0.15, 0.2) is 61.2 Å². The zero-order valence-electron chi connectivity index (χ0n) is 20.3. The van der Waals surface area contributed by atoms with Gasteiger partial charge in [0, 0.05) is 23.4 Å². The standard InChI is InChI=1S/C28H31N3O4/c1-5-18-11-12-22-21(13-18)25(15-23(30-22)19-9-7-6-8-10-19)35-20-14-24(28(33)34-4)31(16-20)27(32)26(29)17(2)3/h5-13,15,17,20,24,26H,1,14,16,29H2,2-4H3/t20-,24+,26+/m1/s1. The van der Waals surface area contributed by atoms with E-state index in [0.29, 0.717) is 12.2 Å². The van der Waals surface area contributed by atoms with Crippen molar-refractivity contribution in [2.45, 2.75) is 38.5 Å². The molecule has 2 N–H and O–H groups in total. The van der Waals surface area contributed by atoms with Crippen LogP contribution in [0.25, 0.3) is 28.2 Å². The van der Waals surface area contributed by atoms with E-state index in [1.165, 1.54) is 12.0 Å². The molecule has 0 radical (unpaired) electrons. The predicted molar refractivity (Wildman–Crippen MR) is 137 cm³/mol. The Balaban J connectivity index is 1.71. The van der Waals surface area contributed by atoms with Crippen LogP contribution in [0, 0.1) is 5.92 Å². The number of ether oxygens (including phenoxy) is 2. The lowest BCUT2D eigenvalue weighted by Crippen LogP contribution is -2.50. The number of hydrogen-bond donors (Lipinski definition) is 1. The van der Waals surface area contributed by atoms with E-state index in [1.807, 2.05) is 68.4 Å². The average molecular weight is 474 g/mol. The number of fused-ring (bicyclic) bond motifs is 1. The molecule has 2 heterocycles. The Morgan fingerprint density at radius 3 is 2.57 bits per heavy atom. The first-order valence-electron chi connectivity index (χ1n) is 11.8. The zero-order valence-corrected chi connectivity index (χ0v) is 20.3. The molecule has 3 atom stereocenters. The van der Waals surface area contributed by atoms with E-state index in [2.05, 4.69) is 6.58 Å². The summed E-state index contributed by atoms with van der Waals surface area (Å²) in [7, 11) is 1.32. The molecule has 1 aromatic heterocycles. The highest BCUT2D eigenvalue weighted by molar-refractivity contribution is 5.90. The Kier molecular flexibility index (Phi) is 7.17. The van der Waals surface area contributed by atoms with Crippen LogP contribution in [0.4, 0.5) is 0 Å². The number of nitrogens with two attached hydrogens (primary N) is 1. The molecule has 0 unspecified atom stereocenters. The monoisotopic (exact) mass is 473 g/mol. The summed E-state index contributed by atoms with van der Waals surface area (Å²) in [6.07, 6.45) is 1.67. The van der Waals surface area contributed by atoms with Crippen LogP contribution in [0.2, 0.25) is 0 Å². The van der Waals surface area contributed by atoms with Gasteiger partial charge in [-0.1, -0.05) is 62.9 Å². The Morgan fingerprint density at radius 1 is 1.17 bits per heavy atom. The molecule has 7 heteroatoms. The summed E-state index contributed by atoms with van der Waals surface area (Å²) in [5, 5.41) is 0.834. The van der Waals surface area contributed by atoms with Gasteiger partial charge in [-0.2, -0.15) is 0 Å². The summed E-state index contributed by atoms with van der Waals surface area (Å²) in [4.78, 5) is 31.9. The summed E-state index contributed by atoms with van der Waals surface area (Å²) in [5.74, 6) is -0.178. The van der Waals surface area contributed by atoms with Crippen LogP contribution in [-0.4, -0.2) is 53.6 Å². The van der Waals surface area contributed by atoms with E-state index in [9.17, 15) is 9.59 Å². The quantitative estimate of drug-likeness (QED) is 0.520. The number of pyridine rings is 1. The number of aromatic nitrogens is 1. The molecule has 0 aliphatic carbocycles. The van der Waals surface area contributed by atoms with Crippen LogP contribution in [0.5, 0.6) is 5.75 Å². The Hall–Kier alpha value is -3.71. The van der Waals surface area contributed by atoms with Crippen molar-refractivity contribution in [3.05, 3.63) is 66.7 Å². The Morgan fingerprint density at radius 2 is 1.91 bits per heavy atom. The van der Waals surface area contributed by atoms with Crippen molar-refractivity contribution in [2.24, 2.45) is 11.7 Å². The number of carbonyl (C=O) groups is 2. The lowest BCUT2D eigenvalue weighted by Gasteiger charge is -2.27. The normalized spacial score (nSPS) is 18.5. The van der Waals surface area contributed by atoms with Crippen LogP contribution < -0.4 is 10.5 Å². The molecule has 3 aromatic rings. The summed E-state index contributed by atoms with van der Waals surface area (Å²) >= 11 is 0. The fourth-order valence-corrected chi connectivity index (χ4v) is 4.34. The minimum atomic E-state index is -0.743. The van der Waals surface area contributed by atoms with Gasteiger partial charge in [-0.3, -0.25) is 4.79 Å². The van der Waals surface area contributed by atoms with Gasteiger partial charge < -0.3 is 20.1 Å². The van der Waals surface area contributed by atoms with Gasteiger partial charge in [-0.15, -0.1) is 0 Å². The smallest absolute Gasteiger partial charge is 0.328 e. The van der Waals surface area contributed by atoms with E-state index in [4.69, 9.17) is 20.2 Å². The summed E-state index contributed by atoms with van der Waals surface area (Å²) in [5.41, 5.74) is 9.59. The summed E-state index contributed by atoms with van der Waals surface area (Å²) in [6.45, 7) is 7.87. The fraction of sp³-hybridized carbons (Fsp3) is 0.321. The third-order valence-electron chi connectivity index (χ3n) is 6.42. The second-order valence-corrected chi connectivity index (χ2v) is 9.13. The molecule has 2 aromatic carbocycles. The number of esters is 1. The van der Waals surface area contributed by atoms with Crippen molar-refractivity contribution < 1.29 is 19.1 Å². The van der Waals surface area contributed by atoms with Crippen LogP contribution in [0.3, 0.4) is 0 Å². The maximum atomic E-state index is 13.1. The fourth-order valence-electron chi connectivity index (χ4n) is 4.34. The highest BCUT2D eigenvalue weighted by atomic mass is 16.5. The maximum Gasteiger partial charge on any atom is 0.328 e. The first kappa shape index (κ1) is 24.4. The predicted octanol–water partition coefficient (Wildman–Crippen LogP) is 4.05. The van der Waals surface area contributed by atoms with Crippen molar-refractivity contribution >= 4 is 28.9 Å². The molecule has 182 valence electrons. The number of rotatable bonds is 7. The number of hydrogen-bond acceptors (Lipinski definition) is 6. The van der Waals surface area contributed by atoms with Gasteiger partial charge in [0.2, 0.25) is 5.91 Å². The van der Waals surface area contributed by atoms with E-state index in [1.54, 1.807) is 6.08 Å². The number of amides is 1. The molecule has 35 heavy (non-hydrogen) atoms. The van der Waals surface area contributed by atoms with Gasteiger partial charge in [-0.25, -0.2) is 9.78 Å². The first-order chi connectivity index (χ1) is 16.8. The molecule has 1 saturated heterocycles. The molecule has 1 fully saturated rings. The molecule has 7 nitrogen and oxygen atoms in total. The van der Waals surface area contributed by atoms with E-state index in [0.717, 1.165) is 27.7 Å². The molecule has 0 spiro atoms. The molecule has 0 bridgehead atoms. The average Bonchev–Trinajstić information content (AvgIpc) is 3.31. The van der Waals surface area contributed by atoms with E-state index < -0.39 is 24.2 Å². The lowest BCUT2D eigenvalue weighted by atomic mass is 10.0. The zero-order chi connectivity index (χ0) is 25.1. The van der Waals surface area contributed by atoms with Crippen LogP contribution in [-0.2, 0) is 14.3 Å². The molecular formula is C28H31N3O4. The third-order valence-corrected chi connectivity index (χ3v) is 6.42. The van der Waals surface area contributed by atoms with Gasteiger partial charge >= 0.3 is 5.97 Å². The number of carbonyl (C=O) groups excluding carboxylic acids is 2. The van der Waals surface area contributed by atoms with Gasteiger partial charge in [-0.05, 0) is 23.6 Å². The third kappa shape index (κ3) is 5.05. The second kappa shape index (κ2) is 10.3. The highest BCUT2D eigenvalue weighted by Gasteiger charge is 2.43. The molecule has 1 aliphatic heterocycles. The largest absolute Gasteiger partial charge is 0.488 e. The second-order valence-electron chi connectivity index (χ2n) is 9.13. The number of methoxy groups -OCH3 is 1. The van der Waals surface area contributed by atoms with Gasteiger partial charge in [0.1, 0.15) is 17.9 Å². The Labute approximate surface area is 205 Å². The minimum absolute atomic E-state index is 0.0596. The van der Waals surface area contributed by atoms with Crippen molar-refractivity contribution in [1.82, 2.24) is 9.88 Å². The van der Waals surface area contributed by atoms with Crippen LogP contribution >= 0.6 is 0 Å². The van der Waals surface area contributed by atoms with Crippen molar-refractivity contribution in [3.63, 3.8) is 0 Å². The van der Waals surface area contributed by atoms with Crippen molar-refractivity contribution in [1.29, 1.82) is 0 Å².